The first kappa shape index (κ1) is 15.5. The molecule has 1 aliphatic heterocycles. The molecule has 0 bridgehead atoms. The van der Waals surface area contributed by atoms with E-state index in [9.17, 15) is 4.79 Å². The Hall–Kier alpha value is -1.99. The summed E-state index contributed by atoms with van der Waals surface area (Å²) in [4.78, 5) is 20.3. The van der Waals surface area contributed by atoms with E-state index in [4.69, 9.17) is 4.52 Å². The normalized spacial score (nSPS) is 17.6. The quantitative estimate of drug-likeness (QED) is 0.693. The molecule has 4 rings (SSSR count). The average molecular weight is 359 g/mol. The summed E-state index contributed by atoms with van der Waals surface area (Å²) in [5.41, 5.74) is 2.72. The molecule has 1 fully saturated rings. The molecule has 3 aromatic rings. The highest BCUT2D eigenvalue weighted by molar-refractivity contribution is 7.17. The van der Waals surface area contributed by atoms with Crippen LogP contribution in [0.15, 0.2) is 27.4 Å². The van der Waals surface area contributed by atoms with Gasteiger partial charge in [0.2, 0.25) is 0 Å². The van der Waals surface area contributed by atoms with Crippen molar-refractivity contribution < 1.29 is 9.32 Å². The lowest BCUT2D eigenvalue weighted by atomic mass is 10.1. The number of carbonyl (C=O) groups excluding carboxylic acids is 1. The van der Waals surface area contributed by atoms with Crippen LogP contribution in [0.3, 0.4) is 0 Å². The largest absolute Gasteiger partial charge is 0.359 e. The highest BCUT2D eigenvalue weighted by atomic mass is 32.1. The molecule has 0 aliphatic carbocycles. The SMILES string of the molecule is Cc1cc([C@H]2CCCN2C(=O)c2sc(-c3ccsc3)nc2C)on1. The maximum atomic E-state index is 13.1. The Kier molecular flexibility index (Phi) is 3.97. The molecule has 3 aromatic heterocycles. The summed E-state index contributed by atoms with van der Waals surface area (Å²) in [6.07, 6.45) is 1.89. The third kappa shape index (κ3) is 2.67. The predicted molar refractivity (Wildman–Crippen MR) is 94.4 cm³/mol. The van der Waals surface area contributed by atoms with E-state index in [1.807, 2.05) is 36.3 Å². The fourth-order valence-corrected chi connectivity index (χ4v) is 4.81. The van der Waals surface area contributed by atoms with Crippen LogP contribution in [-0.2, 0) is 0 Å². The van der Waals surface area contributed by atoms with Crippen LogP contribution in [0.4, 0.5) is 0 Å². The average Bonchev–Trinajstić information content (AvgIpc) is 3.33. The second-order valence-corrected chi connectivity index (χ2v) is 7.75. The summed E-state index contributed by atoms with van der Waals surface area (Å²) in [7, 11) is 0. The number of aromatic nitrogens is 2. The van der Waals surface area contributed by atoms with Crippen molar-refractivity contribution in [2.45, 2.75) is 32.7 Å². The zero-order chi connectivity index (χ0) is 16.7. The van der Waals surface area contributed by atoms with Gasteiger partial charge >= 0.3 is 0 Å². The van der Waals surface area contributed by atoms with Crippen LogP contribution in [0.5, 0.6) is 0 Å². The van der Waals surface area contributed by atoms with Gasteiger partial charge < -0.3 is 9.42 Å². The Labute approximate surface area is 147 Å². The van der Waals surface area contributed by atoms with Crippen molar-refractivity contribution in [3.8, 4) is 10.6 Å². The molecule has 0 saturated carbocycles. The van der Waals surface area contributed by atoms with E-state index in [2.05, 4.69) is 15.5 Å². The molecule has 0 radical (unpaired) electrons. The van der Waals surface area contributed by atoms with Gasteiger partial charge in [0, 0.05) is 23.6 Å². The zero-order valence-electron chi connectivity index (χ0n) is 13.5. The fraction of sp³-hybridized carbons (Fsp3) is 0.353. The highest BCUT2D eigenvalue weighted by Gasteiger charge is 2.34. The first-order valence-corrected chi connectivity index (χ1v) is 9.63. The van der Waals surface area contributed by atoms with Gasteiger partial charge in [-0.2, -0.15) is 11.3 Å². The van der Waals surface area contributed by atoms with Gasteiger partial charge in [0.15, 0.2) is 5.76 Å². The predicted octanol–water partition coefficient (Wildman–Crippen LogP) is 4.45. The minimum atomic E-state index is -0.0233. The van der Waals surface area contributed by atoms with Crippen molar-refractivity contribution >= 4 is 28.6 Å². The smallest absolute Gasteiger partial charge is 0.266 e. The third-order valence-corrected chi connectivity index (χ3v) is 6.12. The first-order valence-electron chi connectivity index (χ1n) is 7.87. The van der Waals surface area contributed by atoms with Crippen LogP contribution in [0.25, 0.3) is 10.6 Å². The van der Waals surface area contributed by atoms with E-state index in [1.165, 1.54) is 11.3 Å². The molecule has 0 N–H and O–H groups in total. The minimum Gasteiger partial charge on any atom is -0.359 e. The summed E-state index contributed by atoms with van der Waals surface area (Å²) in [6.45, 7) is 4.55. The van der Waals surface area contributed by atoms with E-state index in [0.29, 0.717) is 0 Å². The van der Waals surface area contributed by atoms with E-state index < -0.39 is 0 Å². The van der Waals surface area contributed by atoms with Gasteiger partial charge in [-0.1, -0.05) is 5.16 Å². The Morgan fingerprint density at radius 3 is 3.00 bits per heavy atom. The molecular weight excluding hydrogens is 342 g/mol. The molecule has 1 atom stereocenters. The molecule has 4 heterocycles. The number of carbonyl (C=O) groups is 1. The van der Waals surface area contributed by atoms with Gasteiger partial charge in [0.1, 0.15) is 9.88 Å². The number of thiophene rings is 1. The number of hydrogen-bond acceptors (Lipinski definition) is 6. The molecule has 24 heavy (non-hydrogen) atoms. The molecular formula is C17H17N3O2S2. The van der Waals surface area contributed by atoms with Crippen molar-refractivity contribution in [3.63, 3.8) is 0 Å². The van der Waals surface area contributed by atoms with Crippen LogP contribution >= 0.6 is 22.7 Å². The summed E-state index contributed by atoms with van der Waals surface area (Å²) in [6, 6.07) is 3.93. The van der Waals surface area contributed by atoms with Crippen molar-refractivity contribution in [1.82, 2.24) is 15.0 Å². The highest BCUT2D eigenvalue weighted by Crippen LogP contribution is 2.36. The third-order valence-electron chi connectivity index (χ3n) is 4.25. The summed E-state index contributed by atoms with van der Waals surface area (Å²) in [5, 5.41) is 8.95. The lowest BCUT2D eigenvalue weighted by molar-refractivity contribution is 0.0718. The number of amides is 1. The van der Waals surface area contributed by atoms with Gasteiger partial charge in [0.25, 0.3) is 5.91 Å². The number of thiazole rings is 1. The van der Waals surface area contributed by atoms with E-state index in [1.54, 1.807) is 11.3 Å². The second kappa shape index (κ2) is 6.14. The van der Waals surface area contributed by atoms with Crippen LogP contribution in [-0.4, -0.2) is 27.5 Å². The van der Waals surface area contributed by atoms with Crippen LogP contribution in [0.1, 0.15) is 45.7 Å². The van der Waals surface area contributed by atoms with Gasteiger partial charge in [-0.25, -0.2) is 4.98 Å². The van der Waals surface area contributed by atoms with E-state index in [-0.39, 0.29) is 11.9 Å². The van der Waals surface area contributed by atoms with Crippen LogP contribution in [0, 0.1) is 13.8 Å². The van der Waals surface area contributed by atoms with E-state index in [0.717, 1.165) is 52.0 Å². The zero-order valence-corrected chi connectivity index (χ0v) is 15.1. The van der Waals surface area contributed by atoms with Crippen LogP contribution in [0.2, 0.25) is 0 Å². The molecule has 124 valence electrons. The summed E-state index contributed by atoms with van der Waals surface area (Å²) < 4.78 is 5.40. The van der Waals surface area contributed by atoms with Crippen molar-refractivity contribution in [2.75, 3.05) is 6.54 Å². The van der Waals surface area contributed by atoms with Crippen molar-refractivity contribution in [3.05, 3.63) is 44.9 Å². The van der Waals surface area contributed by atoms with E-state index >= 15 is 0 Å². The molecule has 5 nitrogen and oxygen atoms in total. The Bertz CT molecular complexity index is 866. The molecule has 1 amide bonds. The maximum absolute atomic E-state index is 13.1. The lowest BCUT2D eigenvalue weighted by Crippen LogP contribution is -2.30. The topological polar surface area (TPSA) is 59.2 Å². The van der Waals surface area contributed by atoms with Crippen molar-refractivity contribution in [2.24, 2.45) is 0 Å². The molecule has 0 spiro atoms. The molecule has 1 saturated heterocycles. The molecule has 0 unspecified atom stereocenters. The fourth-order valence-electron chi connectivity index (χ4n) is 3.08. The lowest BCUT2D eigenvalue weighted by Gasteiger charge is -2.22. The first-order chi connectivity index (χ1) is 11.6. The number of aryl methyl sites for hydroxylation is 2. The molecule has 7 heteroatoms. The van der Waals surface area contributed by atoms with Gasteiger partial charge in [-0.15, -0.1) is 11.3 Å². The Morgan fingerprint density at radius 2 is 2.29 bits per heavy atom. The number of nitrogens with zero attached hydrogens (tertiary/aromatic N) is 3. The second-order valence-electron chi connectivity index (χ2n) is 5.97. The molecule has 0 aromatic carbocycles. The van der Waals surface area contributed by atoms with Gasteiger partial charge in [-0.05, 0) is 38.1 Å². The number of likely N-dealkylation sites (tertiary alicyclic amines) is 1. The minimum absolute atomic E-state index is 0.0233. The standard InChI is InChI=1S/C17H17N3O2S2/c1-10-8-14(22-19-10)13-4-3-6-20(13)17(21)15-11(2)18-16(24-15)12-5-7-23-9-12/h5,7-9,13H,3-4,6H2,1-2H3/t13-/m1/s1. The number of hydrogen-bond donors (Lipinski definition) is 0. The van der Waals surface area contributed by atoms with Crippen LogP contribution < -0.4 is 0 Å². The van der Waals surface area contributed by atoms with Gasteiger partial charge in [-0.3, -0.25) is 4.79 Å². The van der Waals surface area contributed by atoms with Gasteiger partial charge in [0.05, 0.1) is 17.4 Å². The monoisotopic (exact) mass is 359 g/mol. The Balaban J connectivity index is 1.63. The maximum Gasteiger partial charge on any atom is 0.266 e. The summed E-state index contributed by atoms with van der Waals surface area (Å²) in [5.74, 6) is 0.821. The summed E-state index contributed by atoms with van der Waals surface area (Å²) >= 11 is 3.11. The molecule has 1 aliphatic rings. The number of rotatable bonds is 3. The Morgan fingerprint density at radius 1 is 1.42 bits per heavy atom. The van der Waals surface area contributed by atoms with Crippen molar-refractivity contribution in [1.29, 1.82) is 0 Å².